The molecule has 0 fully saturated rings. The minimum atomic E-state index is -0.273. The van der Waals surface area contributed by atoms with Gasteiger partial charge in [0.1, 0.15) is 5.82 Å². The minimum absolute atomic E-state index is 0.273. The van der Waals surface area contributed by atoms with Crippen LogP contribution < -0.4 is 5.32 Å². The van der Waals surface area contributed by atoms with E-state index in [1.165, 1.54) is 12.1 Å². The lowest BCUT2D eigenvalue weighted by molar-refractivity contribution is 0.183. The molecule has 0 bridgehead atoms. The predicted octanol–water partition coefficient (Wildman–Crippen LogP) is 2.87. The highest BCUT2D eigenvalue weighted by molar-refractivity contribution is 5.61. The first kappa shape index (κ1) is 15.1. The van der Waals surface area contributed by atoms with Gasteiger partial charge in [0, 0.05) is 18.9 Å². The zero-order valence-electron chi connectivity index (χ0n) is 12.6. The van der Waals surface area contributed by atoms with Crippen molar-refractivity contribution < 1.29 is 9.13 Å². The van der Waals surface area contributed by atoms with Gasteiger partial charge in [-0.05, 0) is 36.4 Å². The number of nitrogens with zero attached hydrogens (tertiary/aromatic N) is 4. The largest absolute Gasteiger partial charge is 0.383 e. The molecule has 3 aromatic rings. The van der Waals surface area contributed by atoms with Crippen molar-refractivity contribution in [3.63, 3.8) is 0 Å². The Morgan fingerprint density at radius 1 is 1.13 bits per heavy atom. The Kier molecular flexibility index (Phi) is 4.58. The molecule has 3 rings (SSSR count). The second kappa shape index (κ2) is 6.97. The van der Waals surface area contributed by atoms with Crippen molar-refractivity contribution in [2.75, 3.05) is 19.0 Å². The van der Waals surface area contributed by atoms with Gasteiger partial charge in [-0.3, -0.25) is 4.68 Å². The molecule has 0 unspecified atom stereocenters. The summed E-state index contributed by atoms with van der Waals surface area (Å²) in [5, 5.41) is 15.6. The third-order valence-corrected chi connectivity index (χ3v) is 3.23. The number of ether oxygens (including phenoxy) is 1. The molecule has 23 heavy (non-hydrogen) atoms. The smallest absolute Gasteiger partial charge is 0.153 e. The van der Waals surface area contributed by atoms with Crippen molar-refractivity contribution in [1.29, 1.82) is 0 Å². The van der Waals surface area contributed by atoms with Crippen molar-refractivity contribution in [2.24, 2.45) is 0 Å². The van der Waals surface area contributed by atoms with E-state index in [0.717, 1.165) is 11.3 Å². The van der Waals surface area contributed by atoms with Gasteiger partial charge in [-0.15, -0.1) is 10.2 Å². The molecule has 118 valence electrons. The Hall–Kier alpha value is -2.80. The van der Waals surface area contributed by atoms with E-state index in [9.17, 15) is 4.39 Å². The maximum atomic E-state index is 12.9. The highest BCUT2D eigenvalue weighted by Gasteiger charge is 2.03. The van der Waals surface area contributed by atoms with Gasteiger partial charge in [0.2, 0.25) is 0 Å². The lowest BCUT2D eigenvalue weighted by atomic mass is 10.1. The molecule has 0 atom stereocenters. The van der Waals surface area contributed by atoms with Crippen molar-refractivity contribution >= 4 is 11.5 Å². The summed E-state index contributed by atoms with van der Waals surface area (Å²) in [6.45, 7) is 1.29. The van der Waals surface area contributed by atoms with Crippen molar-refractivity contribution in [3.05, 3.63) is 54.6 Å². The zero-order chi connectivity index (χ0) is 16.1. The highest BCUT2D eigenvalue weighted by atomic mass is 19.1. The second-order valence-electron chi connectivity index (χ2n) is 4.92. The highest BCUT2D eigenvalue weighted by Crippen LogP contribution is 2.19. The fourth-order valence-corrected chi connectivity index (χ4v) is 2.06. The summed E-state index contributed by atoms with van der Waals surface area (Å²) in [4.78, 5) is 0. The van der Waals surface area contributed by atoms with Gasteiger partial charge in [0.15, 0.2) is 5.82 Å². The number of hydrogen-bond donors (Lipinski definition) is 1. The Bertz CT molecular complexity index is 755. The van der Waals surface area contributed by atoms with Crippen LogP contribution in [0.4, 0.5) is 15.9 Å². The summed E-state index contributed by atoms with van der Waals surface area (Å²) >= 11 is 0. The minimum Gasteiger partial charge on any atom is -0.383 e. The van der Waals surface area contributed by atoms with Crippen LogP contribution in [-0.4, -0.2) is 33.7 Å². The number of hydrogen-bond acceptors (Lipinski definition) is 5. The Balaban J connectivity index is 1.67. The maximum absolute atomic E-state index is 12.9. The van der Waals surface area contributed by atoms with E-state index < -0.39 is 0 Å². The van der Waals surface area contributed by atoms with Gasteiger partial charge < -0.3 is 10.1 Å². The molecule has 0 aliphatic carbocycles. The number of rotatable bonds is 6. The number of methoxy groups -OCH3 is 1. The van der Waals surface area contributed by atoms with E-state index >= 15 is 0 Å². The lowest BCUT2D eigenvalue weighted by Crippen LogP contribution is -2.04. The van der Waals surface area contributed by atoms with Gasteiger partial charge >= 0.3 is 0 Å². The van der Waals surface area contributed by atoms with Gasteiger partial charge in [-0.2, -0.15) is 5.10 Å². The molecule has 0 aliphatic rings. The molecule has 1 aromatic carbocycles. The van der Waals surface area contributed by atoms with E-state index in [2.05, 4.69) is 20.6 Å². The number of nitrogens with one attached hydrogen (secondary N) is 1. The fourth-order valence-electron chi connectivity index (χ4n) is 2.06. The lowest BCUT2D eigenvalue weighted by Gasteiger charge is -2.04. The van der Waals surface area contributed by atoms with E-state index in [0.29, 0.717) is 24.7 Å². The van der Waals surface area contributed by atoms with Crippen LogP contribution in [0.5, 0.6) is 0 Å². The Labute approximate surface area is 132 Å². The molecular formula is C16H16FN5O. The maximum Gasteiger partial charge on any atom is 0.153 e. The third kappa shape index (κ3) is 3.89. The number of benzene rings is 1. The van der Waals surface area contributed by atoms with Crippen molar-refractivity contribution in [1.82, 2.24) is 20.0 Å². The van der Waals surface area contributed by atoms with Crippen LogP contribution in [0.3, 0.4) is 0 Å². The van der Waals surface area contributed by atoms with E-state index in [1.807, 2.05) is 18.3 Å². The van der Waals surface area contributed by atoms with Gasteiger partial charge in [0.25, 0.3) is 0 Å². The van der Waals surface area contributed by atoms with Crippen molar-refractivity contribution in [3.8, 4) is 11.3 Å². The first-order valence-electron chi connectivity index (χ1n) is 7.13. The summed E-state index contributed by atoms with van der Waals surface area (Å²) in [5.41, 5.74) is 2.33. The predicted molar refractivity (Wildman–Crippen MR) is 84.8 cm³/mol. The number of halogens is 1. The molecule has 0 radical (unpaired) electrons. The Morgan fingerprint density at radius 2 is 1.96 bits per heavy atom. The zero-order valence-corrected chi connectivity index (χ0v) is 12.6. The molecule has 7 heteroatoms. The average molecular weight is 313 g/mol. The Morgan fingerprint density at radius 3 is 2.65 bits per heavy atom. The molecule has 0 saturated carbocycles. The third-order valence-electron chi connectivity index (χ3n) is 3.23. The summed E-state index contributed by atoms with van der Waals surface area (Å²) in [6.07, 6.45) is 3.58. The molecule has 2 aromatic heterocycles. The second-order valence-corrected chi connectivity index (χ2v) is 4.92. The van der Waals surface area contributed by atoms with E-state index in [4.69, 9.17) is 4.74 Å². The first-order chi connectivity index (χ1) is 11.2. The van der Waals surface area contributed by atoms with Crippen LogP contribution in [0, 0.1) is 5.82 Å². The van der Waals surface area contributed by atoms with Crippen LogP contribution in [0.25, 0.3) is 11.3 Å². The standard InChI is InChI=1S/C16H16FN5O/c1-23-9-8-22-11-14(10-18-22)19-16-7-6-15(20-21-16)12-2-4-13(17)5-3-12/h2-7,10-11H,8-9H2,1H3,(H,19,21). The topological polar surface area (TPSA) is 64.9 Å². The molecular weight excluding hydrogens is 297 g/mol. The van der Waals surface area contributed by atoms with Gasteiger partial charge in [0.05, 0.1) is 30.7 Å². The average Bonchev–Trinajstić information content (AvgIpc) is 3.02. The van der Waals surface area contributed by atoms with Crippen LogP contribution in [-0.2, 0) is 11.3 Å². The fraction of sp³-hybridized carbons (Fsp3) is 0.188. The summed E-state index contributed by atoms with van der Waals surface area (Å²) in [7, 11) is 1.65. The molecule has 0 amide bonds. The normalized spacial score (nSPS) is 10.7. The first-order valence-corrected chi connectivity index (χ1v) is 7.13. The van der Waals surface area contributed by atoms with Crippen molar-refractivity contribution in [2.45, 2.75) is 6.54 Å². The number of anilines is 2. The van der Waals surface area contributed by atoms with Gasteiger partial charge in [-0.25, -0.2) is 4.39 Å². The summed E-state index contributed by atoms with van der Waals surface area (Å²) in [5.74, 6) is 0.340. The van der Waals surface area contributed by atoms with E-state index in [1.54, 1.807) is 30.1 Å². The molecule has 6 nitrogen and oxygen atoms in total. The summed E-state index contributed by atoms with van der Waals surface area (Å²) in [6, 6.07) is 9.80. The molecule has 0 aliphatic heterocycles. The van der Waals surface area contributed by atoms with E-state index in [-0.39, 0.29) is 5.82 Å². The van der Waals surface area contributed by atoms with Crippen LogP contribution in [0.2, 0.25) is 0 Å². The van der Waals surface area contributed by atoms with Crippen LogP contribution in [0.15, 0.2) is 48.8 Å². The summed E-state index contributed by atoms with van der Waals surface area (Å²) < 4.78 is 19.7. The van der Waals surface area contributed by atoms with Crippen LogP contribution in [0.1, 0.15) is 0 Å². The molecule has 0 saturated heterocycles. The molecule has 0 spiro atoms. The SMILES string of the molecule is COCCn1cc(Nc2ccc(-c3ccc(F)cc3)nn2)cn1. The molecule has 1 N–H and O–H groups in total. The number of aromatic nitrogens is 4. The molecule has 2 heterocycles. The monoisotopic (exact) mass is 313 g/mol. The van der Waals surface area contributed by atoms with Crippen LogP contribution >= 0.6 is 0 Å². The quantitative estimate of drug-likeness (QED) is 0.758. The van der Waals surface area contributed by atoms with Gasteiger partial charge in [-0.1, -0.05) is 0 Å².